The minimum absolute atomic E-state index is 0.226. The molecule has 2 aromatic heterocycles. The zero-order chi connectivity index (χ0) is 18.8. The molecule has 0 aliphatic carbocycles. The molecule has 0 bridgehead atoms. The molecule has 0 unspecified atom stereocenters. The molecule has 0 aliphatic heterocycles. The summed E-state index contributed by atoms with van der Waals surface area (Å²) >= 11 is 0. The van der Waals surface area contributed by atoms with Crippen molar-refractivity contribution in [1.82, 2.24) is 14.5 Å². The number of pyridine rings is 1. The molecule has 5 nitrogen and oxygen atoms in total. The number of ether oxygens (including phenoxy) is 1. The van der Waals surface area contributed by atoms with E-state index in [2.05, 4.69) is 9.97 Å². The van der Waals surface area contributed by atoms with Crippen molar-refractivity contribution in [2.24, 2.45) is 5.41 Å². The van der Waals surface area contributed by atoms with Crippen LogP contribution in [0, 0.1) is 16.7 Å². The van der Waals surface area contributed by atoms with Gasteiger partial charge in [0.05, 0.1) is 18.7 Å². The van der Waals surface area contributed by atoms with Crippen LogP contribution in [0.1, 0.15) is 37.9 Å². The van der Waals surface area contributed by atoms with Gasteiger partial charge in [-0.1, -0.05) is 20.8 Å². The Balaban J connectivity index is 2.49. The molecule has 8 heteroatoms. The van der Waals surface area contributed by atoms with Crippen molar-refractivity contribution in [2.45, 2.75) is 39.8 Å². The summed E-state index contributed by atoms with van der Waals surface area (Å²) in [7, 11) is 1.41. The second-order valence-corrected chi connectivity index (χ2v) is 6.29. The molecule has 0 amide bonds. The van der Waals surface area contributed by atoms with Crippen LogP contribution in [0.3, 0.4) is 0 Å². The molecule has 134 valence electrons. The molecule has 0 atom stereocenters. The van der Waals surface area contributed by atoms with Crippen molar-refractivity contribution in [2.75, 3.05) is 7.11 Å². The lowest BCUT2D eigenvalue weighted by Gasteiger charge is -2.27. The number of hydrogen-bond acceptors (Lipinski definition) is 4. The van der Waals surface area contributed by atoms with Gasteiger partial charge >= 0.3 is 6.18 Å². The molecule has 25 heavy (non-hydrogen) atoms. The molecule has 0 saturated carbocycles. The number of hydrogen-bond donors (Lipinski definition) is 0. The molecule has 0 N–H and O–H groups in total. The lowest BCUT2D eigenvalue weighted by Crippen LogP contribution is -2.34. The molecule has 0 saturated heterocycles. The molecule has 2 heterocycles. The van der Waals surface area contributed by atoms with Gasteiger partial charge in [-0.15, -0.1) is 0 Å². The summed E-state index contributed by atoms with van der Waals surface area (Å²) in [6.07, 6.45) is -1.18. The summed E-state index contributed by atoms with van der Waals surface area (Å²) in [5, 5.41) is 9.24. The number of aryl methyl sites for hydroxylation is 1. The van der Waals surface area contributed by atoms with Gasteiger partial charge < -0.3 is 4.74 Å². The van der Waals surface area contributed by atoms with E-state index in [0.717, 1.165) is 13.8 Å². The maximum atomic E-state index is 13.1. The van der Waals surface area contributed by atoms with Gasteiger partial charge in [0.2, 0.25) is 0 Å². The van der Waals surface area contributed by atoms with Crippen LogP contribution in [0.25, 0.3) is 5.82 Å². The maximum Gasteiger partial charge on any atom is 0.394 e. The monoisotopic (exact) mass is 352 g/mol. The average molecular weight is 352 g/mol. The molecular weight excluding hydrogens is 333 g/mol. The highest BCUT2D eigenvalue weighted by atomic mass is 19.4. The van der Waals surface area contributed by atoms with E-state index in [1.54, 1.807) is 4.57 Å². The predicted octanol–water partition coefficient (Wildman–Crippen LogP) is 3.84. The smallest absolute Gasteiger partial charge is 0.394 e. The van der Waals surface area contributed by atoms with E-state index in [9.17, 15) is 18.4 Å². The van der Waals surface area contributed by atoms with Crippen LogP contribution in [0.5, 0.6) is 5.75 Å². The van der Waals surface area contributed by atoms with Crippen molar-refractivity contribution in [3.05, 3.63) is 35.5 Å². The van der Waals surface area contributed by atoms with E-state index in [4.69, 9.17) is 4.74 Å². The first-order chi connectivity index (χ1) is 11.6. The van der Waals surface area contributed by atoms with Gasteiger partial charge in [0, 0.05) is 12.6 Å². The molecule has 2 rings (SSSR count). The number of imidazole rings is 1. The first kappa shape index (κ1) is 18.8. The Kier molecular flexibility index (Phi) is 5.07. The molecule has 0 spiro atoms. The van der Waals surface area contributed by atoms with E-state index >= 15 is 0 Å². The molecule has 0 aliphatic rings. The lowest BCUT2D eigenvalue weighted by molar-refractivity contribution is -0.211. The summed E-state index contributed by atoms with van der Waals surface area (Å²) < 4.78 is 46.2. The molecular formula is C17H19F3N4O. The second-order valence-electron chi connectivity index (χ2n) is 6.29. The standard InChI is InChI=1S/C17H19F3N4O/c1-5-14-22-10-12(8-21)24(14)15-13(25-4)6-11(9-23-15)7-16(2,3)17(18,19)20/h6,9-10H,5,7H2,1-4H3. The molecule has 0 fully saturated rings. The van der Waals surface area contributed by atoms with Crippen LogP contribution < -0.4 is 4.74 Å². The number of alkyl halides is 3. The van der Waals surface area contributed by atoms with E-state index in [-0.39, 0.29) is 12.1 Å². The van der Waals surface area contributed by atoms with Crippen LogP contribution in [0.15, 0.2) is 18.5 Å². The predicted molar refractivity (Wildman–Crippen MR) is 85.5 cm³/mol. The quantitative estimate of drug-likeness (QED) is 0.820. The number of nitrogens with zero attached hydrogens (tertiary/aromatic N) is 4. The Bertz CT molecular complexity index is 803. The Labute approximate surface area is 144 Å². The number of nitriles is 1. The van der Waals surface area contributed by atoms with E-state index in [0.29, 0.717) is 29.4 Å². The minimum Gasteiger partial charge on any atom is -0.493 e. The van der Waals surface area contributed by atoms with Gasteiger partial charge in [-0.3, -0.25) is 4.57 Å². The van der Waals surface area contributed by atoms with Crippen molar-refractivity contribution < 1.29 is 17.9 Å². The Morgan fingerprint density at radius 1 is 1.24 bits per heavy atom. The second kappa shape index (κ2) is 6.75. The fourth-order valence-corrected chi connectivity index (χ4v) is 2.46. The van der Waals surface area contributed by atoms with Crippen LogP contribution >= 0.6 is 0 Å². The summed E-state index contributed by atoms with van der Waals surface area (Å²) in [4.78, 5) is 8.42. The number of halogens is 3. The van der Waals surface area contributed by atoms with E-state index < -0.39 is 11.6 Å². The Morgan fingerprint density at radius 2 is 1.92 bits per heavy atom. The topological polar surface area (TPSA) is 63.7 Å². The lowest BCUT2D eigenvalue weighted by atomic mass is 9.85. The van der Waals surface area contributed by atoms with Crippen molar-refractivity contribution in [3.8, 4) is 17.6 Å². The third kappa shape index (κ3) is 3.60. The SMILES string of the molecule is CCc1ncc(C#N)n1-c1ncc(CC(C)(C)C(F)(F)F)cc1OC. The largest absolute Gasteiger partial charge is 0.493 e. The van der Waals surface area contributed by atoms with Gasteiger partial charge in [0.15, 0.2) is 11.6 Å². The highest BCUT2D eigenvalue weighted by Gasteiger charge is 2.47. The maximum absolute atomic E-state index is 13.1. The summed E-state index contributed by atoms with van der Waals surface area (Å²) in [5.41, 5.74) is -1.20. The highest BCUT2D eigenvalue weighted by molar-refractivity contribution is 5.46. The fraction of sp³-hybridized carbons (Fsp3) is 0.471. The third-order valence-corrected chi connectivity index (χ3v) is 4.00. The van der Waals surface area contributed by atoms with Crippen LogP contribution in [-0.4, -0.2) is 27.8 Å². The van der Waals surface area contributed by atoms with Crippen LogP contribution in [0.2, 0.25) is 0 Å². The van der Waals surface area contributed by atoms with Crippen molar-refractivity contribution in [3.63, 3.8) is 0 Å². The number of aromatic nitrogens is 3. The van der Waals surface area contributed by atoms with Crippen LogP contribution in [0.4, 0.5) is 13.2 Å². The highest BCUT2D eigenvalue weighted by Crippen LogP contribution is 2.40. The zero-order valence-corrected chi connectivity index (χ0v) is 14.5. The van der Waals surface area contributed by atoms with Gasteiger partial charge in [-0.2, -0.15) is 18.4 Å². The summed E-state index contributed by atoms with van der Waals surface area (Å²) in [6, 6.07) is 3.55. The Morgan fingerprint density at radius 3 is 2.44 bits per heavy atom. The van der Waals surface area contributed by atoms with Crippen LogP contribution in [-0.2, 0) is 12.8 Å². The molecule has 2 aromatic rings. The van der Waals surface area contributed by atoms with Crippen molar-refractivity contribution >= 4 is 0 Å². The van der Waals surface area contributed by atoms with Gasteiger partial charge in [0.25, 0.3) is 0 Å². The van der Waals surface area contributed by atoms with Gasteiger partial charge in [-0.05, 0) is 18.1 Å². The zero-order valence-electron chi connectivity index (χ0n) is 14.5. The number of rotatable bonds is 5. The van der Waals surface area contributed by atoms with Crippen molar-refractivity contribution in [1.29, 1.82) is 5.26 Å². The third-order valence-electron chi connectivity index (χ3n) is 4.00. The molecule has 0 radical (unpaired) electrons. The van der Waals surface area contributed by atoms with E-state index in [1.807, 2.05) is 13.0 Å². The summed E-state index contributed by atoms with van der Waals surface area (Å²) in [5.74, 6) is 1.24. The minimum atomic E-state index is -4.33. The van der Waals surface area contributed by atoms with Gasteiger partial charge in [0.1, 0.15) is 17.6 Å². The fourth-order valence-electron chi connectivity index (χ4n) is 2.46. The Hall–Kier alpha value is -2.56. The summed E-state index contributed by atoms with van der Waals surface area (Å²) in [6.45, 7) is 4.17. The first-order valence-electron chi connectivity index (χ1n) is 7.71. The first-order valence-corrected chi connectivity index (χ1v) is 7.71. The van der Waals surface area contributed by atoms with E-state index in [1.165, 1.54) is 25.6 Å². The number of methoxy groups -OCH3 is 1. The normalized spacial score (nSPS) is 12.1. The average Bonchev–Trinajstić information content (AvgIpc) is 2.96. The van der Waals surface area contributed by atoms with Gasteiger partial charge in [-0.25, -0.2) is 9.97 Å². The molecule has 0 aromatic carbocycles.